The van der Waals surface area contributed by atoms with Gasteiger partial charge in [-0.2, -0.15) is 5.10 Å². The molecule has 1 aromatic carbocycles. The Labute approximate surface area is 123 Å². The number of aryl methyl sites for hydroxylation is 1. The number of ether oxygens (including phenoxy) is 1. The molecule has 0 unspecified atom stereocenters. The number of nitrogens with one attached hydrogen (secondary N) is 1. The van der Waals surface area contributed by atoms with E-state index in [0.29, 0.717) is 22.9 Å². The van der Waals surface area contributed by atoms with E-state index in [1.807, 2.05) is 26.8 Å². The molecule has 2 aromatic rings. The van der Waals surface area contributed by atoms with E-state index in [9.17, 15) is 4.79 Å². The number of anilines is 2. The summed E-state index contributed by atoms with van der Waals surface area (Å²) < 4.78 is 6.75. The average Bonchev–Trinajstić information content (AvgIpc) is 2.68. The van der Waals surface area contributed by atoms with Crippen LogP contribution in [0, 0.1) is 0 Å². The van der Waals surface area contributed by atoms with E-state index in [1.165, 1.54) is 0 Å². The molecule has 3 N–H and O–H groups in total. The first-order valence-corrected chi connectivity index (χ1v) is 6.66. The number of para-hydroxylation sites is 1. The molecular formula is C15H20N4O2. The first-order valence-electron chi connectivity index (χ1n) is 6.66. The SMILES string of the molecule is Cn1nc(C(C)(C)C)c(NC(=O)Oc2ccccc2)c1N. The third-order valence-corrected chi connectivity index (χ3v) is 2.98. The summed E-state index contributed by atoms with van der Waals surface area (Å²) in [6, 6.07) is 8.85. The topological polar surface area (TPSA) is 82.2 Å². The first-order chi connectivity index (χ1) is 9.79. The van der Waals surface area contributed by atoms with Crippen LogP contribution in [-0.2, 0) is 12.5 Å². The van der Waals surface area contributed by atoms with Gasteiger partial charge in [0.15, 0.2) is 0 Å². The van der Waals surface area contributed by atoms with Crippen LogP contribution in [0.15, 0.2) is 30.3 Å². The monoisotopic (exact) mass is 288 g/mol. The third kappa shape index (κ3) is 3.34. The summed E-state index contributed by atoms with van der Waals surface area (Å²) in [7, 11) is 1.73. The van der Waals surface area contributed by atoms with Crippen molar-refractivity contribution in [2.24, 2.45) is 7.05 Å². The predicted molar refractivity (Wildman–Crippen MR) is 82.4 cm³/mol. The molecule has 0 atom stereocenters. The summed E-state index contributed by atoms with van der Waals surface area (Å²) in [6.45, 7) is 6.01. The molecule has 112 valence electrons. The van der Waals surface area contributed by atoms with Gasteiger partial charge >= 0.3 is 6.09 Å². The number of nitrogens with two attached hydrogens (primary N) is 1. The molecule has 21 heavy (non-hydrogen) atoms. The number of nitrogens with zero attached hydrogens (tertiary/aromatic N) is 2. The molecule has 6 heteroatoms. The highest BCUT2D eigenvalue weighted by Crippen LogP contribution is 2.32. The van der Waals surface area contributed by atoms with Gasteiger partial charge in [-0.05, 0) is 12.1 Å². The standard InChI is InChI=1S/C15H20N4O2/c1-15(2,3)12-11(13(16)19(4)18-12)17-14(20)21-10-8-6-5-7-9-10/h5-9H,16H2,1-4H3,(H,17,20). The molecule has 2 rings (SSSR count). The highest BCUT2D eigenvalue weighted by molar-refractivity contribution is 5.90. The molecule has 0 aliphatic carbocycles. The Hall–Kier alpha value is -2.50. The van der Waals surface area contributed by atoms with Crippen molar-refractivity contribution in [2.75, 3.05) is 11.1 Å². The van der Waals surface area contributed by atoms with E-state index >= 15 is 0 Å². The normalized spacial score (nSPS) is 11.2. The highest BCUT2D eigenvalue weighted by Gasteiger charge is 2.26. The van der Waals surface area contributed by atoms with Gasteiger partial charge < -0.3 is 10.5 Å². The summed E-state index contributed by atoms with van der Waals surface area (Å²) in [5.74, 6) is 0.861. The fraction of sp³-hybridized carbons (Fsp3) is 0.333. The molecule has 0 saturated carbocycles. The van der Waals surface area contributed by atoms with Gasteiger partial charge in [0.05, 0.1) is 5.69 Å². The minimum absolute atomic E-state index is 0.245. The number of carbonyl (C=O) groups is 1. The molecule has 0 spiro atoms. The zero-order valence-corrected chi connectivity index (χ0v) is 12.7. The lowest BCUT2D eigenvalue weighted by Crippen LogP contribution is -2.21. The van der Waals surface area contributed by atoms with E-state index in [2.05, 4.69) is 10.4 Å². The molecular weight excluding hydrogens is 268 g/mol. The molecule has 0 aliphatic heterocycles. The lowest BCUT2D eigenvalue weighted by atomic mass is 9.91. The van der Waals surface area contributed by atoms with Crippen LogP contribution in [0.5, 0.6) is 5.75 Å². The number of amides is 1. The molecule has 0 saturated heterocycles. The second-order valence-electron chi connectivity index (χ2n) is 5.81. The van der Waals surface area contributed by atoms with Crippen molar-refractivity contribution >= 4 is 17.6 Å². The van der Waals surface area contributed by atoms with E-state index in [-0.39, 0.29) is 5.41 Å². The van der Waals surface area contributed by atoms with Crippen LogP contribution >= 0.6 is 0 Å². The molecule has 1 amide bonds. The van der Waals surface area contributed by atoms with E-state index in [0.717, 1.165) is 0 Å². The maximum Gasteiger partial charge on any atom is 0.417 e. The average molecular weight is 288 g/mol. The minimum atomic E-state index is -0.591. The van der Waals surface area contributed by atoms with Gasteiger partial charge in [0.1, 0.15) is 17.3 Å². The van der Waals surface area contributed by atoms with Crippen molar-refractivity contribution in [3.63, 3.8) is 0 Å². The Morgan fingerprint density at radius 1 is 1.29 bits per heavy atom. The van der Waals surface area contributed by atoms with Crippen molar-refractivity contribution in [3.05, 3.63) is 36.0 Å². The summed E-state index contributed by atoms with van der Waals surface area (Å²) in [4.78, 5) is 12.0. The van der Waals surface area contributed by atoms with Crippen molar-refractivity contribution in [3.8, 4) is 5.75 Å². The van der Waals surface area contributed by atoms with Gasteiger partial charge in [-0.3, -0.25) is 10.00 Å². The summed E-state index contributed by atoms with van der Waals surface area (Å²) in [5.41, 5.74) is 6.93. The molecule has 0 fully saturated rings. The van der Waals surface area contributed by atoms with Crippen molar-refractivity contribution < 1.29 is 9.53 Å². The van der Waals surface area contributed by atoms with Crippen LogP contribution in [-0.4, -0.2) is 15.9 Å². The smallest absolute Gasteiger partial charge is 0.410 e. The van der Waals surface area contributed by atoms with Crippen LogP contribution in [0.4, 0.5) is 16.3 Å². The zero-order valence-electron chi connectivity index (χ0n) is 12.7. The van der Waals surface area contributed by atoms with Gasteiger partial charge in [-0.15, -0.1) is 0 Å². The van der Waals surface area contributed by atoms with Gasteiger partial charge in [0.2, 0.25) is 0 Å². The number of benzene rings is 1. The summed E-state index contributed by atoms with van der Waals surface area (Å²) in [5, 5.41) is 7.05. The molecule has 0 radical (unpaired) electrons. The highest BCUT2D eigenvalue weighted by atomic mass is 16.6. The second kappa shape index (κ2) is 5.47. The van der Waals surface area contributed by atoms with Crippen LogP contribution in [0.25, 0.3) is 0 Å². The number of hydrogen-bond donors (Lipinski definition) is 2. The summed E-state index contributed by atoms with van der Waals surface area (Å²) in [6.07, 6.45) is -0.591. The van der Waals surface area contributed by atoms with E-state index in [1.54, 1.807) is 36.0 Å². The van der Waals surface area contributed by atoms with Gasteiger partial charge in [0.25, 0.3) is 0 Å². The minimum Gasteiger partial charge on any atom is -0.410 e. The number of carbonyl (C=O) groups excluding carboxylic acids is 1. The maximum absolute atomic E-state index is 12.0. The lowest BCUT2D eigenvalue weighted by Gasteiger charge is -2.17. The Balaban J connectivity index is 2.21. The number of aromatic nitrogens is 2. The van der Waals surface area contributed by atoms with Crippen LogP contribution in [0.3, 0.4) is 0 Å². The molecule has 0 aliphatic rings. The second-order valence-corrected chi connectivity index (χ2v) is 5.81. The summed E-state index contributed by atoms with van der Waals surface area (Å²) >= 11 is 0. The molecule has 0 bridgehead atoms. The number of hydrogen-bond acceptors (Lipinski definition) is 4. The third-order valence-electron chi connectivity index (χ3n) is 2.98. The number of rotatable bonds is 2. The Morgan fingerprint density at radius 2 is 1.90 bits per heavy atom. The van der Waals surface area contributed by atoms with Crippen LogP contribution in [0.1, 0.15) is 26.5 Å². The predicted octanol–water partition coefficient (Wildman–Crippen LogP) is 2.91. The Morgan fingerprint density at radius 3 is 2.48 bits per heavy atom. The number of nitrogen functional groups attached to an aromatic ring is 1. The molecule has 1 heterocycles. The fourth-order valence-corrected chi connectivity index (χ4v) is 1.91. The van der Waals surface area contributed by atoms with Crippen LogP contribution in [0.2, 0.25) is 0 Å². The fourth-order valence-electron chi connectivity index (χ4n) is 1.91. The van der Waals surface area contributed by atoms with Gasteiger partial charge in [-0.1, -0.05) is 39.0 Å². The maximum atomic E-state index is 12.0. The lowest BCUT2D eigenvalue weighted by molar-refractivity contribution is 0.215. The van der Waals surface area contributed by atoms with Crippen molar-refractivity contribution in [1.82, 2.24) is 9.78 Å². The van der Waals surface area contributed by atoms with E-state index in [4.69, 9.17) is 10.5 Å². The Kier molecular flexibility index (Phi) is 3.88. The zero-order chi connectivity index (χ0) is 15.6. The quantitative estimate of drug-likeness (QED) is 0.890. The molecule has 6 nitrogen and oxygen atoms in total. The van der Waals surface area contributed by atoms with Crippen molar-refractivity contribution in [1.29, 1.82) is 0 Å². The van der Waals surface area contributed by atoms with Crippen molar-refractivity contribution in [2.45, 2.75) is 26.2 Å². The Bertz CT molecular complexity index is 642. The molecule has 1 aromatic heterocycles. The van der Waals surface area contributed by atoms with Gasteiger partial charge in [0, 0.05) is 12.5 Å². The van der Waals surface area contributed by atoms with Gasteiger partial charge in [-0.25, -0.2) is 4.79 Å². The largest absolute Gasteiger partial charge is 0.417 e. The van der Waals surface area contributed by atoms with Crippen LogP contribution < -0.4 is 15.8 Å². The first kappa shape index (κ1) is 14.9. The van der Waals surface area contributed by atoms with E-state index < -0.39 is 6.09 Å².